The van der Waals surface area contributed by atoms with Crippen molar-refractivity contribution in [3.05, 3.63) is 82.8 Å². The normalized spacial score (nSPS) is 10.5. The molecule has 0 N–H and O–H groups in total. The van der Waals surface area contributed by atoms with Gasteiger partial charge in [-0.25, -0.2) is 4.68 Å². The van der Waals surface area contributed by atoms with Crippen LogP contribution in [0.3, 0.4) is 0 Å². The summed E-state index contributed by atoms with van der Waals surface area (Å²) >= 11 is 1.64. The Bertz CT molecular complexity index is 822. The van der Waals surface area contributed by atoms with E-state index in [-0.39, 0.29) is 5.91 Å². The van der Waals surface area contributed by atoms with Gasteiger partial charge in [0.2, 0.25) is 0 Å². The Hall–Kier alpha value is -2.66. The molecule has 1 amide bonds. The fraction of sp³-hybridized carbons (Fsp3) is 0.158. The molecule has 24 heavy (non-hydrogen) atoms. The van der Waals surface area contributed by atoms with Crippen LogP contribution in [0, 0.1) is 6.92 Å². The number of carbonyl (C=O) groups is 1. The Morgan fingerprint density at radius 2 is 2.08 bits per heavy atom. The van der Waals surface area contributed by atoms with Gasteiger partial charge >= 0.3 is 0 Å². The van der Waals surface area contributed by atoms with Crippen LogP contribution in [0.15, 0.2) is 66.6 Å². The lowest BCUT2D eigenvalue weighted by atomic mass is 10.3. The molecular weight excluding hydrogens is 318 g/mol. The molecule has 0 saturated carbocycles. The molecule has 0 radical (unpaired) electrons. The van der Waals surface area contributed by atoms with Gasteiger partial charge in [0.15, 0.2) is 5.69 Å². The monoisotopic (exact) mass is 337 g/mol. The molecule has 4 nitrogen and oxygen atoms in total. The van der Waals surface area contributed by atoms with Crippen LogP contribution in [0.4, 0.5) is 0 Å². The molecule has 0 aliphatic rings. The smallest absolute Gasteiger partial charge is 0.274 e. The summed E-state index contributed by atoms with van der Waals surface area (Å²) in [5, 5.41) is 6.52. The highest BCUT2D eigenvalue weighted by molar-refractivity contribution is 7.09. The topological polar surface area (TPSA) is 38.1 Å². The lowest BCUT2D eigenvalue weighted by Crippen LogP contribution is -2.30. The maximum Gasteiger partial charge on any atom is 0.274 e. The first-order valence-corrected chi connectivity index (χ1v) is 8.61. The van der Waals surface area contributed by atoms with Crippen molar-refractivity contribution in [2.75, 3.05) is 6.54 Å². The minimum Gasteiger partial charge on any atom is -0.328 e. The summed E-state index contributed by atoms with van der Waals surface area (Å²) < 4.78 is 1.80. The van der Waals surface area contributed by atoms with Gasteiger partial charge in [0.1, 0.15) is 0 Å². The molecule has 0 saturated heterocycles. The van der Waals surface area contributed by atoms with Crippen LogP contribution in [0.5, 0.6) is 0 Å². The Morgan fingerprint density at radius 1 is 1.29 bits per heavy atom. The molecule has 0 aliphatic carbocycles. The van der Waals surface area contributed by atoms with E-state index in [1.54, 1.807) is 27.0 Å². The lowest BCUT2D eigenvalue weighted by molar-refractivity contribution is 0.0758. The molecule has 0 bridgehead atoms. The van der Waals surface area contributed by atoms with E-state index in [0.29, 0.717) is 18.8 Å². The highest BCUT2D eigenvalue weighted by Crippen LogP contribution is 2.16. The molecule has 2 heterocycles. The van der Waals surface area contributed by atoms with Crippen LogP contribution in [-0.2, 0) is 6.54 Å². The van der Waals surface area contributed by atoms with Gasteiger partial charge in [0.25, 0.3) is 5.91 Å². The van der Waals surface area contributed by atoms with Gasteiger partial charge in [0.05, 0.1) is 12.2 Å². The van der Waals surface area contributed by atoms with E-state index in [0.717, 1.165) is 16.3 Å². The second-order valence-corrected chi connectivity index (χ2v) is 6.50. The van der Waals surface area contributed by atoms with Gasteiger partial charge in [-0.15, -0.1) is 17.9 Å². The summed E-state index contributed by atoms with van der Waals surface area (Å²) in [5.74, 6) is -0.0823. The van der Waals surface area contributed by atoms with E-state index in [2.05, 4.69) is 11.7 Å². The van der Waals surface area contributed by atoms with Crippen molar-refractivity contribution in [3.63, 3.8) is 0 Å². The van der Waals surface area contributed by atoms with E-state index in [4.69, 9.17) is 0 Å². The van der Waals surface area contributed by atoms with Gasteiger partial charge < -0.3 is 4.90 Å². The number of nitrogens with zero attached hydrogens (tertiary/aromatic N) is 3. The van der Waals surface area contributed by atoms with Crippen LogP contribution >= 0.6 is 11.3 Å². The zero-order valence-electron chi connectivity index (χ0n) is 13.6. The van der Waals surface area contributed by atoms with Crippen LogP contribution in [0.25, 0.3) is 5.69 Å². The first-order valence-electron chi connectivity index (χ1n) is 7.73. The van der Waals surface area contributed by atoms with Crippen LogP contribution in [0.2, 0.25) is 0 Å². The number of carbonyl (C=O) groups excluding carboxylic acids is 1. The number of hydrogen-bond acceptors (Lipinski definition) is 3. The van der Waals surface area contributed by atoms with Crippen LogP contribution in [0.1, 0.15) is 21.1 Å². The second kappa shape index (κ2) is 7.27. The van der Waals surface area contributed by atoms with Crippen LogP contribution < -0.4 is 0 Å². The number of aromatic nitrogens is 2. The number of para-hydroxylation sites is 1. The van der Waals surface area contributed by atoms with Gasteiger partial charge in [-0.1, -0.05) is 30.3 Å². The van der Waals surface area contributed by atoms with Gasteiger partial charge in [0, 0.05) is 17.1 Å². The molecule has 1 aromatic carbocycles. The Morgan fingerprint density at radius 3 is 2.75 bits per heavy atom. The molecule has 0 aliphatic heterocycles. The number of thiophene rings is 1. The summed E-state index contributed by atoms with van der Waals surface area (Å²) in [7, 11) is 0. The van der Waals surface area contributed by atoms with E-state index >= 15 is 0 Å². The average molecular weight is 337 g/mol. The van der Waals surface area contributed by atoms with Gasteiger partial charge in [-0.05, 0) is 36.6 Å². The molecule has 5 heteroatoms. The first-order chi connectivity index (χ1) is 11.7. The maximum absolute atomic E-state index is 12.9. The number of benzene rings is 1. The second-order valence-electron chi connectivity index (χ2n) is 5.47. The first kappa shape index (κ1) is 16.2. The summed E-state index contributed by atoms with van der Waals surface area (Å²) in [4.78, 5) is 15.8. The Kier molecular flexibility index (Phi) is 4.91. The van der Waals surface area contributed by atoms with E-state index in [1.807, 2.05) is 60.8 Å². The minimum absolute atomic E-state index is 0.0823. The Balaban J connectivity index is 1.86. The van der Waals surface area contributed by atoms with E-state index < -0.39 is 0 Å². The largest absolute Gasteiger partial charge is 0.328 e. The highest BCUT2D eigenvalue weighted by atomic mass is 32.1. The zero-order valence-corrected chi connectivity index (χ0v) is 14.4. The molecular formula is C19H19N3OS. The molecule has 0 spiro atoms. The summed E-state index contributed by atoms with van der Waals surface area (Å²) in [6, 6.07) is 15.7. The zero-order chi connectivity index (χ0) is 16.9. The van der Waals surface area contributed by atoms with Gasteiger partial charge in [-0.3, -0.25) is 4.79 Å². The Labute approximate surface area is 145 Å². The van der Waals surface area contributed by atoms with Crippen molar-refractivity contribution < 1.29 is 4.79 Å². The molecule has 122 valence electrons. The lowest BCUT2D eigenvalue weighted by Gasteiger charge is -2.19. The fourth-order valence-electron chi connectivity index (χ4n) is 2.54. The summed E-state index contributed by atoms with van der Waals surface area (Å²) in [6.07, 6.45) is 1.74. The van der Waals surface area contributed by atoms with Crippen molar-refractivity contribution in [1.29, 1.82) is 0 Å². The third-order valence-electron chi connectivity index (χ3n) is 3.67. The third kappa shape index (κ3) is 3.46. The van der Waals surface area contributed by atoms with Crippen molar-refractivity contribution in [1.82, 2.24) is 14.7 Å². The van der Waals surface area contributed by atoms with Crippen LogP contribution in [-0.4, -0.2) is 27.1 Å². The van der Waals surface area contributed by atoms with Crippen molar-refractivity contribution >= 4 is 17.2 Å². The molecule has 0 unspecified atom stereocenters. The molecule has 0 atom stereocenters. The maximum atomic E-state index is 12.9. The van der Waals surface area contributed by atoms with E-state index in [9.17, 15) is 4.79 Å². The summed E-state index contributed by atoms with van der Waals surface area (Å²) in [6.45, 7) is 6.78. The minimum atomic E-state index is -0.0823. The van der Waals surface area contributed by atoms with E-state index in [1.165, 1.54) is 0 Å². The molecule has 3 rings (SSSR count). The van der Waals surface area contributed by atoms with Crippen molar-refractivity contribution in [2.24, 2.45) is 0 Å². The predicted octanol–water partition coefficient (Wildman–Crippen LogP) is 4.07. The van der Waals surface area contributed by atoms with Crippen molar-refractivity contribution in [2.45, 2.75) is 13.5 Å². The number of amides is 1. The predicted molar refractivity (Wildman–Crippen MR) is 97.6 cm³/mol. The highest BCUT2D eigenvalue weighted by Gasteiger charge is 2.19. The third-order valence-corrected chi connectivity index (χ3v) is 4.53. The van der Waals surface area contributed by atoms with Gasteiger partial charge in [-0.2, -0.15) is 5.10 Å². The average Bonchev–Trinajstić information content (AvgIpc) is 3.24. The standard InChI is InChI=1S/C19H19N3OS/c1-3-11-21(14-17-10-7-12-24-17)19(23)18-13-15(2)22(20-18)16-8-5-4-6-9-16/h3-10,12-13H,1,11,14H2,2H3. The molecule has 3 aromatic rings. The SMILES string of the molecule is C=CCN(Cc1cccs1)C(=O)c1cc(C)n(-c2ccccc2)n1. The number of aryl methyl sites for hydroxylation is 1. The summed E-state index contributed by atoms with van der Waals surface area (Å²) in [5.41, 5.74) is 2.33. The fourth-order valence-corrected chi connectivity index (χ4v) is 3.26. The van der Waals surface area contributed by atoms with Crippen molar-refractivity contribution in [3.8, 4) is 5.69 Å². The number of rotatable bonds is 6. The number of hydrogen-bond donors (Lipinski definition) is 0. The molecule has 2 aromatic heterocycles. The quantitative estimate of drug-likeness (QED) is 0.636. The molecule has 0 fully saturated rings.